The van der Waals surface area contributed by atoms with Crippen molar-refractivity contribution >= 4 is 40.4 Å². The second-order valence-electron chi connectivity index (χ2n) is 4.40. The Hall–Kier alpha value is -0.510. The largest absolute Gasteiger partial charge is 0.490 e. The van der Waals surface area contributed by atoms with E-state index in [0.717, 1.165) is 0 Å². The van der Waals surface area contributed by atoms with Gasteiger partial charge >= 0.3 is 0 Å². The molecule has 0 radical (unpaired) electrons. The van der Waals surface area contributed by atoms with Gasteiger partial charge in [0.2, 0.25) is 0 Å². The van der Waals surface area contributed by atoms with Crippen molar-refractivity contribution in [3.63, 3.8) is 0 Å². The lowest BCUT2D eigenvalue weighted by molar-refractivity contribution is 0.271. The summed E-state index contributed by atoms with van der Waals surface area (Å²) in [5, 5.41) is 1.01. The maximum Gasteiger partial charge on any atom is 0.156 e. The van der Waals surface area contributed by atoms with E-state index in [0.29, 0.717) is 33.8 Å². The van der Waals surface area contributed by atoms with E-state index in [9.17, 15) is 0 Å². The summed E-state index contributed by atoms with van der Waals surface area (Å²) >= 11 is 16.9. The summed E-state index contributed by atoms with van der Waals surface area (Å²) in [7, 11) is 0. The van der Waals surface area contributed by atoms with E-state index in [1.165, 1.54) is 0 Å². The molecule has 0 heterocycles. The molecule has 1 rings (SSSR count). The van der Waals surface area contributed by atoms with Gasteiger partial charge < -0.3 is 10.5 Å². The van der Waals surface area contributed by atoms with Gasteiger partial charge in [-0.3, -0.25) is 0 Å². The third kappa shape index (κ3) is 4.02. The van der Waals surface area contributed by atoms with Crippen LogP contribution >= 0.6 is 35.4 Å². The average molecular weight is 292 g/mol. The first-order valence-electron chi connectivity index (χ1n) is 5.21. The zero-order valence-electron chi connectivity index (χ0n) is 9.80. The highest BCUT2D eigenvalue weighted by Crippen LogP contribution is 2.33. The summed E-state index contributed by atoms with van der Waals surface area (Å²) in [6.07, 6.45) is 0.712. The van der Waals surface area contributed by atoms with E-state index < -0.39 is 0 Å². The lowest BCUT2D eigenvalue weighted by Gasteiger charge is -2.23. The second kappa shape index (κ2) is 5.89. The lowest BCUT2D eigenvalue weighted by atomic mass is 9.90. The van der Waals surface area contributed by atoms with Crippen LogP contribution in [0.1, 0.15) is 20.3 Å². The third-order valence-corrected chi connectivity index (χ3v) is 3.71. The summed E-state index contributed by atoms with van der Waals surface area (Å²) in [5.74, 6) is 0.509. The quantitative estimate of drug-likeness (QED) is 0.831. The summed E-state index contributed by atoms with van der Waals surface area (Å²) in [4.78, 5) is 0.478. The second-order valence-corrected chi connectivity index (χ2v) is 5.65. The molecule has 0 aliphatic carbocycles. The van der Waals surface area contributed by atoms with Gasteiger partial charge in [0.15, 0.2) is 5.75 Å². The number of hydrogen-bond donors (Lipinski definition) is 1. The minimum Gasteiger partial charge on any atom is -0.490 e. The first-order chi connectivity index (χ1) is 7.84. The Bertz CT molecular complexity index is 401. The van der Waals surface area contributed by atoms with Crippen molar-refractivity contribution in [2.45, 2.75) is 20.3 Å². The molecule has 0 fully saturated rings. The van der Waals surface area contributed by atoms with Crippen LogP contribution in [0.4, 0.5) is 0 Å². The summed E-state index contributed by atoms with van der Waals surface area (Å²) < 4.78 is 5.57. The van der Waals surface area contributed by atoms with Crippen molar-refractivity contribution in [2.75, 3.05) is 6.61 Å². The van der Waals surface area contributed by atoms with Crippen molar-refractivity contribution in [3.05, 3.63) is 28.2 Å². The number of rotatable bonds is 5. The lowest BCUT2D eigenvalue weighted by Crippen LogP contribution is -2.31. The maximum atomic E-state index is 5.98. The highest BCUT2D eigenvalue weighted by atomic mass is 35.5. The molecule has 2 nitrogen and oxygen atoms in total. The van der Waals surface area contributed by atoms with E-state index in [1.807, 2.05) is 13.8 Å². The fraction of sp³-hybridized carbons (Fsp3) is 0.417. The molecule has 0 aliphatic rings. The first-order valence-corrected chi connectivity index (χ1v) is 6.38. The molecule has 2 N–H and O–H groups in total. The minimum atomic E-state index is -0.233. The number of ether oxygens (including phenoxy) is 1. The van der Waals surface area contributed by atoms with Crippen molar-refractivity contribution in [2.24, 2.45) is 11.1 Å². The maximum absolute atomic E-state index is 5.98. The smallest absolute Gasteiger partial charge is 0.156 e. The van der Waals surface area contributed by atoms with E-state index in [-0.39, 0.29) is 5.41 Å². The van der Waals surface area contributed by atoms with Gasteiger partial charge in [0, 0.05) is 5.41 Å². The fourth-order valence-electron chi connectivity index (χ4n) is 1.15. The molecule has 94 valence electrons. The topological polar surface area (TPSA) is 35.2 Å². The van der Waals surface area contributed by atoms with Crippen LogP contribution in [-0.2, 0) is 0 Å². The average Bonchev–Trinajstić information content (AvgIpc) is 2.22. The third-order valence-electron chi connectivity index (χ3n) is 2.56. The van der Waals surface area contributed by atoms with Crippen LogP contribution in [0.15, 0.2) is 18.2 Å². The summed E-state index contributed by atoms with van der Waals surface area (Å²) in [5.41, 5.74) is 5.40. The SMILES string of the molecule is CC(C)(CCOc1c(Cl)cccc1Cl)C(N)=S. The predicted molar refractivity (Wildman–Crippen MR) is 77.1 cm³/mol. The van der Waals surface area contributed by atoms with E-state index in [4.69, 9.17) is 45.9 Å². The van der Waals surface area contributed by atoms with Crippen molar-refractivity contribution < 1.29 is 4.74 Å². The monoisotopic (exact) mass is 291 g/mol. The number of halogens is 2. The van der Waals surface area contributed by atoms with Crippen LogP contribution in [0, 0.1) is 5.41 Å². The molecule has 0 amide bonds. The number of hydrogen-bond acceptors (Lipinski definition) is 2. The Labute approximate surface area is 117 Å². The van der Waals surface area contributed by atoms with Gasteiger partial charge in [0.1, 0.15) is 0 Å². The Morgan fingerprint density at radius 1 is 1.35 bits per heavy atom. The molecule has 0 spiro atoms. The highest BCUT2D eigenvalue weighted by molar-refractivity contribution is 7.80. The van der Waals surface area contributed by atoms with E-state index >= 15 is 0 Å². The van der Waals surface area contributed by atoms with Crippen LogP contribution in [0.5, 0.6) is 5.75 Å². The van der Waals surface area contributed by atoms with E-state index in [2.05, 4.69) is 0 Å². The number of thiocarbonyl (C=S) groups is 1. The van der Waals surface area contributed by atoms with Crippen molar-refractivity contribution in [1.29, 1.82) is 0 Å². The van der Waals surface area contributed by atoms with Crippen LogP contribution in [0.2, 0.25) is 10.0 Å². The number of para-hydroxylation sites is 1. The first kappa shape index (κ1) is 14.6. The highest BCUT2D eigenvalue weighted by Gasteiger charge is 2.21. The van der Waals surface area contributed by atoms with Crippen LogP contribution < -0.4 is 10.5 Å². The number of benzene rings is 1. The predicted octanol–water partition coefficient (Wildman–Crippen LogP) is 4.07. The zero-order valence-corrected chi connectivity index (χ0v) is 12.1. The summed E-state index contributed by atoms with van der Waals surface area (Å²) in [6, 6.07) is 5.25. The molecule has 1 aromatic rings. The van der Waals surface area contributed by atoms with Gasteiger partial charge in [-0.15, -0.1) is 0 Å². The van der Waals surface area contributed by atoms with Crippen molar-refractivity contribution in [3.8, 4) is 5.75 Å². The Balaban J connectivity index is 2.60. The molecule has 0 aromatic heterocycles. The molecule has 0 saturated carbocycles. The molecule has 0 saturated heterocycles. The van der Waals surface area contributed by atoms with Crippen LogP contribution in [0.3, 0.4) is 0 Å². The Morgan fingerprint density at radius 2 is 1.88 bits per heavy atom. The molecular formula is C12H15Cl2NOS. The molecule has 5 heteroatoms. The minimum absolute atomic E-state index is 0.233. The molecule has 1 aromatic carbocycles. The fourth-order valence-corrected chi connectivity index (χ4v) is 1.76. The van der Waals surface area contributed by atoms with Crippen LogP contribution in [-0.4, -0.2) is 11.6 Å². The van der Waals surface area contributed by atoms with Gasteiger partial charge in [0.25, 0.3) is 0 Å². The van der Waals surface area contributed by atoms with Gasteiger partial charge in [-0.1, -0.05) is 55.3 Å². The molecular weight excluding hydrogens is 277 g/mol. The Morgan fingerprint density at radius 3 is 2.35 bits per heavy atom. The van der Waals surface area contributed by atoms with Gasteiger partial charge in [-0.05, 0) is 18.6 Å². The standard InChI is InChI=1S/C12H15Cl2NOS/c1-12(2,11(15)17)6-7-16-10-8(13)4-3-5-9(10)14/h3-5H,6-7H2,1-2H3,(H2,15,17). The van der Waals surface area contributed by atoms with Gasteiger partial charge in [-0.2, -0.15) is 0 Å². The van der Waals surface area contributed by atoms with Crippen molar-refractivity contribution in [1.82, 2.24) is 0 Å². The molecule has 0 aliphatic heterocycles. The normalized spacial score (nSPS) is 11.3. The molecule has 0 unspecified atom stereocenters. The molecule has 0 atom stereocenters. The van der Waals surface area contributed by atoms with E-state index in [1.54, 1.807) is 18.2 Å². The zero-order chi connectivity index (χ0) is 13.1. The Kier molecular flexibility index (Phi) is 5.04. The number of nitrogens with two attached hydrogens (primary N) is 1. The molecule has 17 heavy (non-hydrogen) atoms. The molecule has 0 bridgehead atoms. The van der Waals surface area contributed by atoms with Crippen LogP contribution in [0.25, 0.3) is 0 Å². The summed E-state index contributed by atoms with van der Waals surface area (Å²) in [6.45, 7) is 4.42. The van der Waals surface area contributed by atoms with Gasteiger partial charge in [-0.25, -0.2) is 0 Å². The van der Waals surface area contributed by atoms with Gasteiger partial charge in [0.05, 0.1) is 21.6 Å².